The number of aromatic nitrogens is 1. The largest absolute Gasteiger partial charge is 0.366 e. The predicted molar refractivity (Wildman–Crippen MR) is 67.5 cm³/mol. The van der Waals surface area contributed by atoms with Crippen LogP contribution in [0.3, 0.4) is 0 Å². The molecule has 1 aromatic rings. The molecule has 1 N–H and O–H groups in total. The Hall–Kier alpha value is -1.30. The molecule has 3 nitrogen and oxygen atoms in total. The topological polar surface area (TPSA) is 28.2 Å². The van der Waals surface area contributed by atoms with Gasteiger partial charge in [-0.25, -0.2) is 8.78 Å². The number of hydrogen-bond acceptors (Lipinski definition) is 3. The van der Waals surface area contributed by atoms with E-state index < -0.39 is 17.6 Å². The van der Waals surface area contributed by atoms with Crippen molar-refractivity contribution in [3.8, 4) is 0 Å². The maximum atomic E-state index is 13.4. The summed E-state index contributed by atoms with van der Waals surface area (Å²) in [5.41, 5.74) is 0. The van der Waals surface area contributed by atoms with Crippen LogP contribution in [0, 0.1) is 17.6 Å². The normalized spacial score (nSPS) is 18.3. The van der Waals surface area contributed by atoms with Crippen LogP contribution in [-0.4, -0.2) is 35.6 Å². The zero-order valence-electron chi connectivity index (χ0n) is 10.9. The van der Waals surface area contributed by atoms with Crippen LogP contribution in [0.4, 0.5) is 19.0 Å². The maximum Gasteiger partial charge on any atom is 0.251 e. The minimum absolute atomic E-state index is 0.203. The molecule has 1 aromatic heterocycles. The van der Waals surface area contributed by atoms with Crippen LogP contribution in [-0.2, 0) is 0 Å². The fourth-order valence-corrected chi connectivity index (χ4v) is 2.30. The molecule has 0 radical (unpaired) electrons. The summed E-state index contributed by atoms with van der Waals surface area (Å²) in [5, 5.41) is 2.74. The number of anilines is 1. The van der Waals surface area contributed by atoms with Crippen LogP contribution >= 0.6 is 0 Å². The number of rotatable bonds is 4. The Morgan fingerprint density at radius 3 is 2.58 bits per heavy atom. The van der Waals surface area contributed by atoms with Gasteiger partial charge in [0.2, 0.25) is 0 Å². The Balaban J connectivity index is 1.92. The van der Waals surface area contributed by atoms with Gasteiger partial charge in [0.25, 0.3) is 5.95 Å². The van der Waals surface area contributed by atoms with Crippen LogP contribution < -0.4 is 5.32 Å². The number of halogens is 3. The third kappa shape index (κ3) is 3.59. The first-order valence-corrected chi connectivity index (χ1v) is 6.57. The van der Waals surface area contributed by atoms with Crippen molar-refractivity contribution in [2.45, 2.75) is 32.2 Å². The van der Waals surface area contributed by atoms with E-state index in [0.29, 0.717) is 12.6 Å². The number of piperidine rings is 1. The lowest BCUT2D eigenvalue weighted by molar-refractivity contribution is 0.180. The van der Waals surface area contributed by atoms with Crippen LogP contribution in [0.1, 0.15) is 26.2 Å². The molecule has 0 aliphatic carbocycles. The number of nitrogens with one attached hydrogen (secondary N) is 1. The van der Waals surface area contributed by atoms with E-state index in [1.807, 2.05) is 6.92 Å². The average molecular weight is 273 g/mol. The summed E-state index contributed by atoms with van der Waals surface area (Å²) >= 11 is 0. The molecule has 0 aromatic carbocycles. The fourth-order valence-electron chi connectivity index (χ4n) is 2.30. The molecule has 2 heterocycles. The van der Waals surface area contributed by atoms with E-state index in [2.05, 4.69) is 15.2 Å². The Morgan fingerprint density at radius 2 is 1.89 bits per heavy atom. The summed E-state index contributed by atoms with van der Waals surface area (Å²) in [5.74, 6) is -3.66. The van der Waals surface area contributed by atoms with E-state index in [9.17, 15) is 13.2 Å². The summed E-state index contributed by atoms with van der Waals surface area (Å²) in [6.45, 7) is 4.53. The molecule has 1 atom stereocenters. The average Bonchev–Trinajstić information content (AvgIpc) is 2.42. The highest BCUT2D eigenvalue weighted by atomic mass is 19.2. The number of hydrogen-bond donors (Lipinski definition) is 1. The van der Waals surface area contributed by atoms with Gasteiger partial charge in [0, 0.05) is 18.7 Å². The van der Waals surface area contributed by atoms with Gasteiger partial charge in [-0.3, -0.25) is 4.90 Å². The van der Waals surface area contributed by atoms with E-state index >= 15 is 0 Å². The van der Waals surface area contributed by atoms with Crippen molar-refractivity contribution >= 4 is 5.82 Å². The first kappa shape index (κ1) is 14.1. The minimum atomic E-state index is -1.28. The quantitative estimate of drug-likeness (QED) is 0.855. The molecule has 0 bridgehead atoms. The van der Waals surface area contributed by atoms with Gasteiger partial charge in [-0.15, -0.1) is 0 Å². The molecule has 0 spiro atoms. The summed E-state index contributed by atoms with van der Waals surface area (Å²) in [4.78, 5) is 5.54. The molecule has 106 valence electrons. The predicted octanol–water partition coefficient (Wildman–Crippen LogP) is 2.79. The first-order valence-electron chi connectivity index (χ1n) is 6.57. The van der Waals surface area contributed by atoms with Gasteiger partial charge in [0.05, 0.1) is 0 Å². The van der Waals surface area contributed by atoms with Crippen LogP contribution in [0.25, 0.3) is 0 Å². The zero-order valence-corrected chi connectivity index (χ0v) is 10.9. The lowest BCUT2D eigenvalue weighted by Crippen LogP contribution is -2.41. The lowest BCUT2D eigenvalue weighted by Gasteiger charge is -2.32. The van der Waals surface area contributed by atoms with E-state index in [4.69, 9.17) is 0 Å². The number of pyridine rings is 1. The van der Waals surface area contributed by atoms with E-state index in [0.717, 1.165) is 13.1 Å². The van der Waals surface area contributed by atoms with Gasteiger partial charge in [0.15, 0.2) is 17.5 Å². The van der Waals surface area contributed by atoms with Crippen LogP contribution in [0.2, 0.25) is 0 Å². The van der Waals surface area contributed by atoms with Gasteiger partial charge in [-0.2, -0.15) is 9.37 Å². The Bertz CT molecular complexity index is 433. The van der Waals surface area contributed by atoms with Crippen LogP contribution in [0.5, 0.6) is 0 Å². The molecule has 1 aliphatic rings. The van der Waals surface area contributed by atoms with Crippen molar-refractivity contribution in [1.82, 2.24) is 9.88 Å². The van der Waals surface area contributed by atoms with Gasteiger partial charge >= 0.3 is 0 Å². The monoisotopic (exact) mass is 273 g/mol. The summed E-state index contributed by atoms with van der Waals surface area (Å²) in [6.07, 6.45) is 3.58. The molecule has 1 fully saturated rings. The standard InChI is InChI=1S/C13H18F3N3/c1-9(19-5-3-2-4-6-19)8-17-13-11(15)7-10(14)12(16)18-13/h7,9H,2-6,8H2,1H3,(H,17,18). The second-order valence-corrected chi connectivity index (χ2v) is 4.92. The van der Waals surface area contributed by atoms with Crippen molar-refractivity contribution in [1.29, 1.82) is 0 Å². The first-order chi connectivity index (χ1) is 9.08. The molecular weight excluding hydrogens is 255 g/mol. The molecule has 6 heteroatoms. The van der Waals surface area contributed by atoms with Crippen molar-refractivity contribution in [2.24, 2.45) is 0 Å². The van der Waals surface area contributed by atoms with E-state index in [1.165, 1.54) is 19.3 Å². The van der Waals surface area contributed by atoms with Crippen molar-refractivity contribution in [3.63, 3.8) is 0 Å². The van der Waals surface area contributed by atoms with Gasteiger partial charge in [-0.1, -0.05) is 6.42 Å². The Morgan fingerprint density at radius 1 is 1.21 bits per heavy atom. The molecule has 19 heavy (non-hydrogen) atoms. The van der Waals surface area contributed by atoms with E-state index in [1.54, 1.807) is 0 Å². The van der Waals surface area contributed by atoms with Gasteiger partial charge in [-0.05, 0) is 32.9 Å². The lowest BCUT2D eigenvalue weighted by atomic mass is 10.1. The van der Waals surface area contributed by atoms with Crippen molar-refractivity contribution < 1.29 is 13.2 Å². The van der Waals surface area contributed by atoms with Crippen LogP contribution in [0.15, 0.2) is 6.07 Å². The molecular formula is C13H18F3N3. The second-order valence-electron chi connectivity index (χ2n) is 4.92. The minimum Gasteiger partial charge on any atom is -0.366 e. The summed E-state index contributed by atoms with van der Waals surface area (Å²) < 4.78 is 39.0. The second kappa shape index (κ2) is 6.23. The van der Waals surface area contributed by atoms with Crippen molar-refractivity contribution in [3.05, 3.63) is 23.6 Å². The molecule has 0 amide bonds. The van der Waals surface area contributed by atoms with Gasteiger partial charge < -0.3 is 5.32 Å². The fraction of sp³-hybridized carbons (Fsp3) is 0.615. The number of nitrogens with zero attached hydrogens (tertiary/aromatic N) is 2. The smallest absolute Gasteiger partial charge is 0.251 e. The SMILES string of the molecule is CC(CNc1nc(F)c(F)cc1F)N1CCCCC1. The highest BCUT2D eigenvalue weighted by molar-refractivity contribution is 5.36. The third-order valence-corrected chi connectivity index (χ3v) is 3.47. The Kier molecular flexibility index (Phi) is 4.63. The van der Waals surface area contributed by atoms with E-state index in [-0.39, 0.29) is 11.9 Å². The summed E-state index contributed by atoms with van der Waals surface area (Å²) in [6, 6.07) is 0.713. The van der Waals surface area contributed by atoms with Crippen molar-refractivity contribution in [2.75, 3.05) is 25.0 Å². The highest BCUT2D eigenvalue weighted by Crippen LogP contribution is 2.16. The number of likely N-dealkylation sites (tertiary alicyclic amines) is 1. The zero-order chi connectivity index (χ0) is 13.8. The molecule has 1 aliphatic heterocycles. The van der Waals surface area contributed by atoms with Gasteiger partial charge in [0.1, 0.15) is 0 Å². The molecule has 2 rings (SSSR count). The Labute approximate surface area is 110 Å². The summed E-state index contributed by atoms with van der Waals surface area (Å²) in [7, 11) is 0. The molecule has 1 unspecified atom stereocenters. The third-order valence-electron chi connectivity index (χ3n) is 3.47. The molecule has 0 saturated carbocycles. The maximum absolute atomic E-state index is 13.4. The highest BCUT2D eigenvalue weighted by Gasteiger charge is 2.18. The molecule has 1 saturated heterocycles.